The smallest absolute Gasteiger partial charge is 0.222 e. The minimum Gasteiger partial charge on any atom is -0.465 e. The molecule has 1 N–H and O–H groups in total. The highest BCUT2D eigenvalue weighted by Gasteiger charge is 2.41. The lowest BCUT2D eigenvalue weighted by Crippen LogP contribution is -2.54. The van der Waals surface area contributed by atoms with Gasteiger partial charge < -0.3 is 14.4 Å². The molecule has 2 aliphatic rings. The van der Waals surface area contributed by atoms with Crippen LogP contribution in [0, 0.1) is 12.3 Å². The molecule has 2 aliphatic heterocycles. The number of furan rings is 1. The Morgan fingerprint density at radius 2 is 2.17 bits per heavy atom. The average molecular weight is 320 g/mol. The van der Waals surface area contributed by atoms with Crippen molar-refractivity contribution in [3.63, 3.8) is 0 Å². The van der Waals surface area contributed by atoms with Crippen molar-refractivity contribution < 1.29 is 14.3 Å². The molecule has 1 spiro atoms. The number of hydrogen-bond donors (Lipinski definition) is 1. The summed E-state index contributed by atoms with van der Waals surface area (Å²) in [5, 5.41) is 9.04. The van der Waals surface area contributed by atoms with E-state index in [2.05, 4.69) is 11.0 Å². The topological polar surface area (TPSA) is 56.9 Å². The molecular formula is C18H28N2O3. The Morgan fingerprint density at radius 3 is 2.91 bits per heavy atom. The highest BCUT2D eigenvalue weighted by molar-refractivity contribution is 5.77. The Bertz CT molecular complexity index is 542. The highest BCUT2D eigenvalue weighted by atomic mass is 16.3. The number of aliphatic hydroxyl groups excluding tert-OH is 1. The molecule has 0 unspecified atom stereocenters. The van der Waals surface area contributed by atoms with Crippen molar-refractivity contribution in [3.05, 3.63) is 23.7 Å². The summed E-state index contributed by atoms with van der Waals surface area (Å²) in [6.45, 7) is 6.67. The van der Waals surface area contributed by atoms with E-state index in [-0.39, 0.29) is 17.9 Å². The van der Waals surface area contributed by atoms with Gasteiger partial charge in [-0.2, -0.15) is 0 Å². The predicted molar refractivity (Wildman–Crippen MR) is 87.9 cm³/mol. The van der Waals surface area contributed by atoms with Crippen LogP contribution in [-0.2, 0) is 11.3 Å². The van der Waals surface area contributed by atoms with Gasteiger partial charge in [-0.1, -0.05) is 0 Å². The number of rotatable bonds is 5. The molecule has 2 fully saturated rings. The van der Waals surface area contributed by atoms with Crippen molar-refractivity contribution in [2.75, 3.05) is 32.8 Å². The summed E-state index contributed by atoms with van der Waals surface area (Å²) in [6, 6.07) is 4.08. The summed E-state index contributed by atoms with van der Waals surface area (Å²) in [4.78, 5) is 16.6. The van der Waals surface area contributed by atoms with Gasteiger partial charge in [0.2, 0.25) is 5.91 Å². The van der Waals surface area contributed by atoms with Crippen LogP contribution in [0.2, 0.25) is 0 Å². The molecule has 1 amide bonds. The van der Waals surface area contributed by atoms with Crippen LogP contribution in [0.15, 0.2) is 16.5 Å². The van der Waals surface area contributed by atoms with E-state index in [0.29, 0.717) is 19.4 Å². The molecule has 1 aromatic heterocycles. The second-order valence-corrected chi connectivity index (χ2v) is 7.22. The van der Waals surface area contributed by atoms with E-state index in [1.54, 1.807) is 0 Å². The van der Waals surface area contributed by atoms with Crippen molar-refractivity contribution >= 4 is 5.91 Å². The normalized spacial score (nSPS) is 26.2. The molecule has 128 valence electrons. The van der Waals surface area contributed by atoms with Gasteiger partial charge in [-0.15, -0.1) is 0 Å². The maximum Gasteiger partial charge on any atom is 0.222 e. The third-order valence-electron chi connectivity index (χ3n) is 5.25. The van der Waals surface area contributed by atoms with E-state index in [1.807, 2.05) is 17.9 Å². The third-order valence-corrected chi connectivity index (χ3v) is 5.25. The van der Waals surface area contributed by atoms with E-state index >= 15 is 0 Å². The van der Waals surface area contributed by atoms with Gasteiger partial charge in [-0.25, -0.2) is 0 Å². The molecule has 3 rings (SSSR count). The van der Waals surface area contributed by atoms with E-state index in [9.17, 15) is 4.79 Å². The minimum atomic E-state index is 0.154. The van der Waals surface area contributed by atoms with Crippen molar-refractivity contribution in [1.82, 2.24) is 9.80 Å². The highest BCUT2D eigenvalue weighted by Crippen LogP contribution is 2.39. The largest absolute Gasteiger partial charge is 0.465 e. The lowest BCUT2D eigenvalue weighted by Gasteiger charge is -2.48. The second kappa shape index (κ2) is 7.05. The molecule has 2 saturated heterocycles. The standard InChI is InChI=1S/C18H28N2O3/c1-15-4-5-16(23-15)12-19-9-2-7-18(13-19)8-6-17(22)20(14-18)10-3-11-21/h4-5,21H,2-3,6-14H2,1H3/t18-/m0/s1. The first-order valence-corrected chi connectivity index (χ1v) is 8.77. The van der Waals surface area contributed by atoms with Gasteiger partial charge in [0.05, 0.1) is 6.54 Å². The molecule has 1 atom stereocenters. The molecule has 0 aromatic carbocycles. The first-order valence-electron chi connectivity index (χ1n) is 8.77. The molecule has 0 radical (unpaired) electrons. The zero-order chi connectivity index (χ0) is 16.3. The van der Waals surface area contributed by atoms with Crippen molar-refractivity contribution in [2.45, 2.75) is 45.6 Å². The van der Waals surface area contributed by atoms with Crippen LogP contribution in [-0.4, -0.2) is 53.6 Å². The van der Waals surface area contributed by atoms with Crippen LogP contribution in [0.5, 0.6) is 0 Å². The molecule has 1 aromatic rings. The molecule has 5 heteroatoms. The SMILES string of the molecule is Cc1ccc(CN2CCC[C@]3(CCC(=O)N(CCCO)C3)C2)o1. The van der Waals surface area contributed by atoms with Crippen molar-refractivity contribution in [1.29, 1.82) is 0 Å². The van der Waals surface area contributed by atoms with Crippen LogP contribution >= 0.6 is 0 Å². The van der Waals surface area contributed by atoms with E-state index in [1.165, 1.54) is 12.8 Å². The Kier molecular flexibility index (Phi) is 5.07. The Labute approximate surface area is 138 Å². The quantitative estimate of drug-likeness (QED) is 0.903. The first-order chi connectivity index (χ1) is 11.1. The fourth-order valence-electron chi connectivity index (χ4n) is 4.14. The maximum atomic E-state index is 12.1. The fraction of sp³-hybridized carbons (Fsp3) is 0.722. The predicted octanol–water partition coefficient (Wildman–Crippen LogP) is 2.18. The summed E-state index contributed by atoms with van der Waals surface area (Å²) in [5.41, 5.74) is 0.225. The van der Waals surface area contributed by atoms with Crippen LogP contribution in [0.4, 0.5) is 0 Å². The molecule has 5 nitrogen and oxygen atoms in total. The number of piperidine rings is 2. The zero-order valence-corrected chi connectivity index (χ0v) is 14.1. The summed E-state index contributed by atoms with van der Waals surface area (Å²) < 4.78 is 5.72. The summed E-state index contributed by atoms with van der Waals surface area (Å²) >= 11 is 0. The van der Waals surface area contributed by atoms with E-state index in [4.69, 9.17) is 9.52 Å². The minimum absolute atomic E-state index is 0.154. The van der Waals surface area contributed by atoms with Gasteiger partial charge in [0.25, 0.3) is 0 Å². The average Bonchev–Trinajstić information content (AvgIpc) is 2.94. The van der Waals surface area contributed by atoms with Crippen molar-refractivity contribution in [3.8, 4) is 0 Å². The Balaban J connectivity index is 1.63. The van der Waals surface area contributed by atoms with Gasteiger partial charge >= 0.3 is 0 Å². The molecule has 0 aliphatic carbocycles. The fourth-order valence-corrected chi connectivity index (χ4v) is 4.14. The molecule has 0 saturated carbocycles. The number of hydrogen-bond acceptors (Lipinski definition) is 4. The number of likely N-dealkylation sites (tertiary alicyclic amines) is 2. The summed E-state index contributed by atoms with van der Waals surface area (Å²) in [5.74, 6) is 2.25. The molecule has 23 heavy (non-hydrogen) atoms. The first kappa shape index (κ1) is 16.5. The number of amides is 1. The summed E-state index contributed by atoms with van der Waals surface area (Å²) in [6.07, 6.45) is 4.71. The number of nitrogens with zero attached hydrogens (tertiary/aromatic N) is 2. The summed E-state index contributed by atoms with van der Waals surface area (Å²) in [7, 11) is 0. The van der Waals surface area contributed by atoms with Gasteiger partial charge in [0.15, 0.2) is 0 Å². The van der Waals surface area contributed by atoms with Crippen molar-refractivity contribution in [2.24, 2.45) is 5.41 Å². The van der Waals surface area contributed by atoms with E-state index in [0.717, 1.165) is 44.1 Å². The third kappa shape index (κ3) is 3.96. The lowest BCUT2D eigenvalue weighted by atomic mass is 9.73. The van der Waals surface area contributed by atoms with E-state index < -0.39 is 0 Å². The number of aliphatic hydroxyl groups is 1. The van der Waals surface area contributed by atoms with Crippen LogP contribution in [0.1, 0.15) is 43.6 Å². The van der Waals surface area contributed by atoms with Gasteiger partial charge in [0.1, 0.15) is 11.5 Å². The van der Waals surface area contributed by atoms with Crippen LogP contribution in [0.25, 0.3) is 0 Å². The number of aryl methyl sites for hydroxylation is 1. The molecular weight excluding hydrogens is 292 g/mol. The van der Waals surface area contributed by atoms with Crippen LogP contribution in [0.3, 0.4) is 0 Å². The maximum absolute atomic E-state index is 12.1. The molecule has 3 heterocycles. The number of carbonyl (C=O) groups excluding carboxylic acids is 1. The Hall–Kier alpha value is -1.33. The molecule has 0 bridgehead atoms. The van der Waals surface area contributed by atoms with Crippen LogP contribution < -0.4 is 0 Å². The van der Waals surface area contributed by atoms with Gasteiger partial charge in [-0.3, -0.25) is 9.69 Å². The monoisotopic (exact) mass is 320 g/mol. The Morgan fingerprint density at radius 1 is 1.30 bits per heavy atom. The lowest BCUT2D eigenvalue weighted by molar-refractivity contribution is -0.139. The number of carbonyl (C=O) groups is 1. The second-order valence-electron chi connectivity index (χ2n) is 7.22. The van der Waals surface area contributed by atoms with Gasteiger partial charge in [0, 0.05) is 38.1 Å². The van der Waals surface area contributed by atoms with Gasteiger partial charge in [-0.05, 0) is 51.3 Å². The zero-order valence-electron chi connectivity index (χ0n) is 14.1.